The Hall–Kier alpha value is -2.82. The van der Waals surface area contributed by atoms with Crippen molar-refractivity contribution in [3.05, 3.63) is 54.6 Å². The minimum absolute atomic E-state index is 0.475. The number of urea groups is 1. The van der Waals surface area contributed by atoms with E-state index in [0.29, 0.717) is 18.5 Å². The Morgan fingerprint density at radius 3 is 2.04 bits per heavy atom. The molecule has 2 aromatic carbocycles. The summed E-state index contributed by atoms with van der Waals surface area (Å²) in [4.78, 5) is 23.6. The summed E-state index contributed by atoms with van der Waals surface area (Å²) >= 11 is 0. The molecule has 0 saturated heterocycles. The fraction of sp³-hybridized carbons (Fsp3) is 0.263. The summed E-state index contributed by atoms with van der Waals surface area (Å²) in [6.07, 6.45) is 2.59. The first-order chi connectivity index (χ1) is 11.6. The highest BCUT2D eigenvalue weighted by Crippen LogP contribution is 2.30. The lowest BCUT2D eigenvalue weighted by Gasteiger charge is -2.25. The summed E-state index contributed by atoms with van der Waals surface area (Å²) in [7, 11) is 0. The molecule has 124 valence electrons. The SMILES string of the molecule is O=C(Nc1ccc(-c2ccccc2)cc1)NC1(C(=O)O)CCCC1. The van der Waals surface area contributed by atoms with Crippen LogP contribution in [-0.2, 0) is 4.79 Å². The summed E-state index contributed by atoms with van der Waals surface area (Å²) in [5.74, 6) is -0.963. The maximum absolute atomic E-state index is 12.1. The molecule has 24 heavy (non-hydrogen) atoms. The van der Waals surface area contributed by atoms with E-state index >= 15 is 0 Å². The minimum Gasteiger partial charge on any atom is -0.480 e. The smallest absolute Gasteiger partial charge is 0.329 e. The molecule has 0 unspecified atom stereocenters. The van der Waals surface area contributed by atoms with Crippen LogP contribution in [0.4, 0.5) is 10.5 Å². The predicted molar refractivity (Wildman–Crippen MR) is 92.9 cm³/mol. The maximum Gasteiger partial charge on any atom is 0.329 e. The average Bonchev–Trinajstić information content (AvgIpc) is 3.06. The highest BCUT2D eigenvalue weighted by atomic mass is 16.4. The molecule has 1 aliphatic rings. The van der Waals surface area contributed by atoms with E-state index in [9.17, 15) is 14.7 Å². The Balaban J connectivity index is 1.65. The van der Waals surface area contributed by atoms with Crippen molar-refractivity contribution in [1.29, 1.82) is 0 Å². The molecule has 1 saturated carbocycles. The van der Waals surface area contributed by atoms with Gasteiger partial charge in [0.25, 0.3) is 0 Å². The molecule has 0 bridgehead atoms. The predicted octanol–water partition coefficient (Wildman–Crippen LogP) is 3.87. The molecule has 2 amide bonds. The molecule has 1 fully saturated rings. The van der Waals surface area contributed by atoms with Gasteiger partial charge in [-0.2, -0.15) is 0 Å². The number of hydrogen-bond acceptors (Lipinski definition) is 2. The number of carbonyl (C=O) groups is 2. The quantitative estimate of drug-likeness (QED) is 0.799. The molecule has 3 rings (SSSR count). The van der Waals surface area contributed by atoms with Gasteiger partial charge in [-0.05, 0) is 36.1 Å². The lowest BCUT2D eigenvalue weighted by Crippen LogP contribution is -2.53. The third kappa shape index (κ3) is 3.40. The molecule has 0 radical (unpaired) electrons. The number of carboxylic acid groups (broad SMARTS) is 1. The zero-order valence-electron chi connectivity index (χ0n) is 13.3. The van der Waals surface area contributed by atoms with Crippen LogP contribution in [0.1, 0.15) is 25.7 Å². The number of anilines is 1. The van der Waals surface area contributed by atoms with E-state index in [-0.39, 0.29) is 0 Å². The van der Waals surface area contributed by atoms with Crippen molar-refractivity contribution in [2.45, 2.75) is 31.2 Å². The molecule has 0 atom stereocenters. The Labute approximate surface area is 140 Å². The molecule has 3 N–H and O–H groups in total. The number of benzene rings is 2. The standard InChI is InChI=1S/C19H20N2O3/c22-17(23)19(12-4-5-13-19)21-18(24)20-16-10-8-15(9-11-16)14-6-2-1-3-7-14/h1-3,6-11H,4-5,12-13H2,(H,22,23)(H2,20,21,24). The van der Waals surface area contributed by atoms with Crippen molar-refractivity contribution in [3.8, 4) is 11.1 Å². The lowest BCUT2D eigenvalue weighted by molar-refractivity contribution is -0.144. The maximum atomic E-state index is 12.1. The van der Waals surface area contributed by atoms with Crippen LogP contribution in [0.25, 0.3) is 11.1 Å². The Bertz CT molecular complexity index is 720. The first-order valence-electron chi connectivity index (χ1n) is 8.07. The van der Waals surface area contributed by atoms with Gasteiger partial charge in [0.15, 0.2) is 0 Å². The van der Waals surface area contributed by atoms with E-state index in [1.165, 1.54) is 0 Å². The average molecular weight is 324 g/mol. The summed E-state index contributed by atoms with van der Waals surface area (Å²) in [6, 6.07) is 16.9. The second-order valence-electron chi connectivity index (χ2n) is 6.12. The lowest BCUT2D eigenvalue weighted by atomic mass is 9.98. The van der Waals surface area contributed by atoms with Gasteiger partial charge in [-0.25, -0.2) is 9.59 Å². The highest BCUT2D eigenvalue weighted by molar-refractivity contribution is 5.94. The normalized spacial score (nSPS) is 15.7. The van der Waals surface area contributed by atoms with Gasteiger partial charge < -0.3 is 15.7 Å². The van der Waals surface area contributed by atoms with Gasteiger partial charge in [-0.1, -0.05) is 55.3 Å². The zero-order chi connectivity index (χ0) is 17.0. The molecule has 2 aromatic rings. The van der Waals surface area contributed by atoms with E-state index in [2.05, 4.69) is 10.6 Å². The van der Waals surface area contributed by atoms with Crippen molar-refractivity contribution in [2.24, 2.45) is 0 Å². The summed E-state index contributed by atoms with van der Waals surface area (Å²) in [6.45, 7) is 0. The second-order valence-corrected chi connectivity index (χ2v) is 6.12. The number of rotatable bonds is 4. The minimum atomic E-state index is -1.13. The molecular formula is C19H20N2O3. The molecule has 0 spiro atoms. The van der Waals surface area contributed by atoms with E-state index in [0.717, 1.165) is 24.0 Å². The van der Waals surface area contributed by atoms with Gasteiger partial charge in [0.1, 0.15) is 5.54 Å². The van der Waals surface area contributed by atoms with Crippen LogP contribution in [0.2, 0.25) is 0 Å². The van der Waals surface area contributed by atoms with Gasteiger partial charge in [-0.15, -0.1) is 0 Å². The topological polar surface area (TPSA) is 78.4 Å². The van der Waals surface area contributed by atoms with Crippen LogP contribution in [0, 0.1) is 0 Å². The van der Waals surface area contributed by atoms with Crippen molar-refractivity contribution >= 4 is 17.7 Å². The number of amides is 2. The molecule has 5 nitrogen and oxygen atoms in total. The Morgan fingerprint density at radius 2 is 1.46 bits per heavy atom. The summed E-state index contributed by atoms with van der Waals surface area (Å²) in [5.41, 5.74) is 1.66. The number of carboxylic acids is 1. The van der Waals surface area contributed by atoms with Crippen LogP contribution in [0.3, 0.4) is 0 Å². The third-order valence-corrected chi connectivity index (χ3v) is 4.47. The van der Waals surface area contributed by atoms with E-state index in [1.807, 2.05) is 54.6 Å². The fourth-order valence-corrected chi connectivity index (χ4v) is 3.13. The summed E-state index contributed by atoms with van der Waals surface area (Å²) in [5, 5.41) is 14.7. The largest absolute Gasteiger partial charge is 0.480 e. The molecule has 0 aliphatic heterocycles. The summed E-state index contributed by atoms with van der Waals surface area (Å²) < 4.78 is 0. The first-order valence-corrected chi connectivity index (χ1v) is 8.07. The fourth-order valence-electron chi connectivity index (χ4n) is 3.13. The Morgan fingerprint density at radius 1 is 0.875 bits per heavy atom. The molecule has 0 heterocycles. The first kappa shape index (κ1) is 16.1. The van der Waals surface area contributed by atoms with Gasteiger partial charge in [0, 0.05) is 5.69 Å². The number of nitrogens with one attached hydrogen (secondary N) is 2. The van der Waals surface area contributed by atoms with Crippen molar-refractivity contribution in [1.82, 2.24) is 5.32 Å². The van der Waals surface area contributed by atoms with E-state index in [4.69, 9.17) is 0 Å². The number of hydrogen-bond donors (Lipinski definition) is 3. The van der Waals surface area contributed by atoms with Crippen LogP contribution in [0.15, 0.2) is 54.6 Å². The van der Waals surface area contributed by atoms with Crippen molar-refractivity contribution in [2.75, 3.05) is 5.32 Å². The molecule has 1 aliphatic carbocycles. The highest BCUT2D eigenvalue weighted by Gasteiger charge is 2.42. The van der Waals surface area contributed by atoms with E-state index in [1.54, 1.807) is 0 Å². The third-order valence-electron chi connectivity index (χ3n) is 4.47. The van der Waals surface area contributed by atoms with Crippen LogP contribution >= 0.6 is 0 Å². The van der Waals surface area contributed by atoms with Gasteiger partial charge in [0.05, 0.1) is 0 Å². The monoisotopic (exact) mass is 324 g/mol. The molecule has 0 aromatic heterocycles. The molecular weight excluding hydrogens is 304 g/mol. The van der Waals surface area contributed by atoms with E-state index < -0.39 is 17.5 Å². The molecule has 5 heteroatoms. The zero-order valence-corrected chi connectivity index (χ0v) is 13.3. The number of aliphatic carboxylic acids is 1. The second kappa shape index (κ2) is 6.74. The Kier molecular flexibility index (Phi) is 4.51. The van der Waals surface area contributed by atoms with Crippen molar-refractivity contribution in [3.63, 3.8) is 0 Å². The van der Waals surface area contributed by atoms with Gasteiger partial charge >= 0.3 is 12.0 Å². The number of carbonyl (C=O) groups excluding carboxylic acids is 1. The van der Waals surface area contributed by atoms with Gasteiger partial charge in [0.2, 0.25) is 0 Å². The van der Waals surface area contributed by atoms with Crippen molar-refractivity contribution < 1.29 is 14.7 Å². The van der Waals surface area contributed by atoms with Crippen LogP contribution < -0.4 is 10.6 Å². The van der Waals surface area contributed by atoms with Crippen LogP contribution in [-0.4, -0.2) is 22.6 Å². The van der Waals surface area contributed by atoms with Gasteiger partial charge in [-0.3, -0.25) is 0 Å². The van der Waals surface area contributed by atoms with Crippen LogP contribution in [0.5, 0.6) is 0 Å².